The van der Waals surface area contributed by atoms with Crippen molar-refractivity contribution in [1.82, 2.24) is 5.43 Å². The van der Waals surface area contributed by atoms with Crippen LogP contribution in [0, 0.1) is 13.8 Å². The van der Waals surface area contributed by atoms with Gasteiger partial charge in [0.2, 0.25) is 0 Å². The van der Waals surface area contributed by atoms with E-state index < -0.39 is 11.9 Å². The van der Waals surface area contributed by atoms with Crippen LogP contribution in [0.25, 0.3) is 0 Å². The lowest BCUT2D eigenvalue weighted by Gasteiger charge is -2.12. The first-order valence-corrected chi connectivity index (χ1v) is 6.90. The van der Waals surface area contributed by atoms with E-state index in [9.17, 15) is 9.59 Å². The van der Waals surface area contributed by atoms with Crippen molar-refractivity contribution in [3.05, 3.63) is 63.7 Å². The molecule has 5 nitrogen and oxygen atoms in total. The monoisotopic (exact) mass is 318 g/mol. The molecule has 0 aliphatic rings. The number of nitrogen functional groups attached to an aromatic ring is 1. The van der Waals surface area contributed by atoms with E-state index >= 15 is 0 Å². The van der Waals surface area contributed by atoms with Crippen LogP contribution in [0.5, 0.6) is 5.75 Å². The molecule has 22 heavy (non-hydrogen) atoms. The summed E-state index contributed by atoms with van der Waals surface area (Å²) in [5.74, 6) is 4.65. The quantitative estimate of drug-likeness (QED) is 0.300. The van der Waals surface area contributed by atoms with Crippen LogP contribution in [0.15, 0.2) is 36.4 Å². The second-order valence-corrected chi connectivity index (χ2v) is 5.25. The molecule has 0 atom stereocenters. The Labute approximate surface area is 133 Å². The van der Waals surface area contributed by atoms with E-state index in [1.54, 1.807) is 50.2 Å². The molecular weight excluding hydrogens is 304 g/mol. The van der Waals surface area contributed by atoms with Crippen LogP contribution in [0.1, 0.15) is 31.8 Å². The Bertz CT molecular complexity index is 704. The van der Waals surface area contributed by atoms with Gasteiger partial charge in [0.05, 0.1) is 5.56 Å². The number of esters is 1. The topological polar surface area (TPSA) is 81.4 Å². The van der Waals surface area contributed by atoms with Crippen LogP contribution in [0.3, 0.4) is 0 Å². The van der Waals surface area contributed by atoms with Gasteiger partial charge in [-0.2, -0.15) is 0 Å². The summed E-state index contributed by atoms with van der Waals surface area (Å²) in [6.45, 7) is 3.51. The Morgan fingerprint density at radius 1 is 1.05 bits per heavy atom. The van der Waals surface area contributed by atoms with Gasteiger partial charge in [-0.1, -0.05) is 11.6 Å². The Morgan fingerprint density at radius 3 is 2.09 bits per heavy atom. The van der Waals surface area contributed by atoms with Crippen molar-refractivity contribution in [1.29, 1.82) is 0 Å². The zero-order valence-corrected chi connectivity index (χ0v) is 12.9. The highest BCUT2D eigenvalue weighted by Crippen LogP contribution is 2.26. The number of nitrogens with two attached hydrogens (primary N) is 1. The third kappa shape index (κ3) is 3.44. The van der Waals surface area contributed by atoms with E-state index in [2.05, 4.69) is 5.43 Å². The summed E-state index contributed by atoms with van der Waals surface area (Å²) in [4.78, 5) is 23.7. The first-order chi connectivity index (χ1) is 10.4. The molecule has 2 rings (SSSR count). The Kier molecular flexibility index (Phi) is 4.80. The molecule has 3 N–H and O–H groups in total. The third-order valence-corrected chi connectivity index (χ3v) is 3.38. The zero-order valence-electron chi connectivity index (χ0n) is 12.1. The summed E-state index contributed by atoms with van der Waals surface area (Å²) >= 11 is 5.79. The average Bonchev–Trinajstić information content (AvgIpc) is 2.50. The number of hydrogen-bond acceptors (Lipinski definition) is 4. The van der Waals surface area contributed by atoms with Gasteiger partial charge >= 0.3 is 5.97 Å². The van der Waals surface area contributed by atoms with Crippen LogP contribution in [-0.4, -0.2) is 11.9 Å². The second kappa shape index (κ2) is 6.60. The summed E-state index contributed by atoms with van der Waals surface area (Å²) in [6, 6.07) is 9.63. The van der Waals surface area contributed by atoms with Gasteiger partial charge in [-0.15, -0.1) is 0 Å². The molecule has 0 fully saturated rings. The number of carbonyl (C=O) groups excluding carboxylic acids is 2. The maximum absolute atomic E-state index is 12.1. The molecule has 0 unspecified atom stereocenters. The standard InChI is InChI=1S/C16H15ClN2O3/c1-9-7-12(15(20)19-18)8-10(2)14(9)22-16(21)11-3-5-13(17)6-4-11/h3-8H,18H2,1-2H3,(H,19,20). The fourth-order valence-electron chi connectivity index (χ4n) is 2.06. The summed E-state index contributed by atoms with van der Waals surface area (Å²) in [5, 5.41) is 0.543. The number of halogens is 1. The Hall–Kier alpha value is -2.37. The number of ether oxygens (including phenoxy) is 1. The summed E-state index contributed by atoms with van der Waals surface area (Å²) in [7, 11) is 0. The molecule has 0 aliphatic carbocycles. The number of aryl methyl sites for hydroxylation is 2. The largest absolute Gasteiger partial charge is 0.422 e. The lowest BCUT2D eigenvalue weighted by molar-refractivity contribution is 0.0732. The van der Waals surface area contributed by atoms with Crippen molar-refractivity contribution >= 4 is 23.5 Å². The van der Waals surface area contributed by atoms with Crippen LogP contribution in [-0.2, 0) is 0 Å². The minimum Gasteiger partial charge on any atom is -0.422 e. The second-order valence-electron chi connectivity index (χ2n) is 4.81. The van der Waals surface area contributed by atoms with E-state index in [-0.39, 0.29) is 0 Å². The van der Waals surface area contributed by atoms with Crippen molar-refractivity contribution in [2.24, 2.45) is 5.84 Å². The predicted molar refractivity (Wildman–Crippen MR) is 84.0 cm³/mol. The van der Waals surface area contributed by atoms with Crippen LogP contribution in [0.2, 0.25) is 5.02 Å². The van der Waals surface area contributed by atoms with Crippen molar-refractivity contribution in [2.75, 3.05) is 0 Å². The highest BCUT2D eigenvalue weighted by molar-refractivity contribution is 6.30. The normalized spacial score (nSPS) is 10.2. The van der Waals surface area contributed by atoms with E-state index in [1.165, 1.54) is 0 Å². The zero-order chi connectivity index (χ0) is 16.3. The molecule has 0 bridgehead atoms. The fourth-order valence-corrected chi connectivity index (χ4v) is 2.19. The molecule has 0 saturated heterocycles. The molecule has 0 saturated carbocycles. The van der Waals surface area contributed by atoms with Gasteiger partial charge in [0.25, 0.3) is 5.91 Å². The minimum atomic E-state index is -0.487. The summed E-state index contributed by atoms with van der Waals surface area (Å²) in [6.07, 6.45) is 0. The highest BCUT2D eigenvalue weighted by atomic mass is 35.5. The first kappa shape index (κ1) is 16.0. The van der Waals surface area contributed by atoms with Gasteiger partial charge in [0.1, 0.15) is 5.75 Å². The predicted octanol–water partition coefficient (Wildman–Crippen LogP) is 2.78. The van der Waals surface area contributed by atoms with Gasteiger partial charge in [-0.3, -0.25) is 10.2 Å². The fraction of sp³-hybridized carbons (Fsp3) is 0.125. The number of amides is 1. The molecule has 6 heteroatoms. The van der Waals surface area contributed by atoms with Gasteiger partial charge in [0.15, 0.2) is 0 Å². The van der Waals surface area contributed by atoms with Gasteiger partial charge in [-0.05, 0) is 61.4 Å². The summed E-state index contributed by atoms with van der Waals surface area (Å²) in [5.41, 5.74) is 4.20. The van der Waals surface area contributed by atoms with E-state index in [0.717, 1.165) is 0 Å². The van der Waals surface area contributed by atoms with Crippen molar-refractivity contribution in [3.8, 4) is 5.75 Å². The minimum absolute atomic E-state index is 0.395. The van der Waals surface area contributed by atoms with Gasteiger partial charge < -0.3 is 4.74 Å². The SMILES string of the molecule is Cc1cc(C(=O)NN)cc(C)c1OC(=O)c1ccc(Cl)cc1. The number of benzene rings is 2. The average molecular weight is 319 g/mol. The molecule has 0 aromatic heterocycles. The number of hydrazine groups is 1. The summed E-state index contributed by atoms with van der Waals surface area (Å²) < 4.78 is 5.43. The number of nitrogens with one attached hydrogen (secondary N) is 1. The number of carbonyl (C=O) groups is 2. The van der Waals surface area contributed by atoms with Crippen LogP contribution >= 0.6 is 11.6 Å². The highest BCUT2D eigenvalue weighted by Gasteiger charge is 2.15. The molecule has 0 heterocycles. The van der Waals surface area contributed by atoms with E-state index in [4.69, 9.17) is 22.2 Å². The van der Waals surface area contributed by atoms with Gasteiger partial charge in [-0.25, -0.2) is 10.6 Å². The lowest BCUT2D eigenvalue weighted by atomic mass is 10.1. The van der Waals surface area contributed by atoms with Crippen molar-refractivity contribution in [3.63, 3.8) is 0 Å². The Morgan fingerprint density at radius 2 is 1.59 bits per heavy atom. The molecule has 0 radical (unpaired) electrons. The molecule has 0 spiro atoms. The van der Waals surface area contributed by atoms with E-state index in [1.807, 2.05) is 0 Å². The smallest absolute Gasteiger partial charge is 0.343 e. The molecule has 2 aromatic rings. The number of hydrogen-bond donors (Lipinski definition) is 2. The van der Waals surface area contributed by atoms with Crippen molar-refractivity contribution < 1.29 is 14.3 Å². The molecular formula is C16H15ClN2O3. The molecule has 114 valence electrons. The molecule has 0 aliphatic heterocycles. The Balaban J connectivity index is 2.28. The van der Waals surface area contributed by atoms with Crippen molar-refractivity contribution in [2.45, 2.75) is 13.8 Å². The maximum Gasteiger partial charge on any atom is 0.343 e. The lowest BCUT2D eigenvalue weighted by Crippen LogP contribution is -2.30. The van der Waals surface area contributed by atoms with E-state index in [0.29, 0.717) is 33.0 Å². The first-order valence-electron chi connectivity index (χ1n) is 6.52. The molecule has 1 amide bonds. The van der Waals surface area contributed by atoms with Crippen LogP contribution in [0.4, 0.5) is 0 Å². The van der Waals surface area contributed by atoms with Gasteiger partial charge in [0, 0.05) is 10.6 Å². The maximum atomic E-state index is 12.1. The molecule has 2 aromatic carbocycles. The number of rotatable bonds is 3. The third-order valence-electron chi connectivity index (χ3n) is 3.13. The van der Waals surface area contributed by atoms with Crippen LogP contribution < -0.4 is 16.0 Å².